The fourth-order valence-corrected chi connectivity index (χ4v) is 2.01. The molecule has 1 aromatic heterocycles. The van der Waals surface area contributed by atoms with Gasteiger partial charge in [0.25, 0.3) is 0 Å². The standard InChI is InChI=1S/C11H18ClN3/c1-2-15-8-9(6-14-15)5-13-7-11(12)10-3-4-10/h6,8,10-11,13H,2-5,7H2,1H3. The lowest BCUT2D eigenvalue weighted by atomic mass is 10.3. The van der Waals surface area contributed by atoms with Gasteiger partial charge in [-0.3, -0.25) is 4.68 Å². The monoisotopic (exact) mass is 227 g/mol. The zero-order chi connectivity index (χ0) is 10.7. The molecule has 0 aliphatic heterocycles. The molecule has 0 saturated heterocycles. The summed E-state index contributed by atoms with van der Waals surface area (Å²) in [6.45, 7) is 4.80. The summed E-state index contributed by atoms with van der Waals surface area (Å²) in [6, 6.07) is 0. The number of hydrogen-bond donors (Lipinski definition) is 1. The second-order valence-electron chi connectivity index (χ2n) is 4.19. The van der Waals surface area contributed by atoms with Crippen LogP contribution in [-0.4, -0.2) is 21.7 Å². The van der Waals surface area contributed by atoms with Crippen LogP contribution < -0.4 is 5.32 Å². The second-order valence-corrected chi connectivity index (χ2v) is 4.75. The molecule has 1 aliphatic rings. The van der Waals surface area contributed by atoms with Crippen LogP contribution in [0.3, 0.4) is 0 Å². The zero-order valence-corrected chi connectivity index (χ0v) is 9.87. The highest BCUT2D eigenvalue weighted by molar-refractivity contribution is 6.21. The van der Waals surface area contributed by atoms with Crippen LogP contribution in [0.2, 0.25) is 0 Å². The summed E-state index contributed by atoms with van der Waals surface area (Å²) in [7, 11) is 0. The molecule has 3 nitrogen and oxygen atoms in total. The average Bonchev–Trinajstić information content (AvgIpc) is 2.99. The topological polar surface area (TPSA) is 29.9 Å². The lowest BCUT2D eigenvalue weighted by molar-refractivity contribution is 0.618. The summed E-state index contributed by atoms with van der Waals surface area (Å²) in [6.07, 6.45) is 6.61. The van der Waals surface area contributed by atoms with E-state index in [1.807, 2.05) is 10.9 Å². The van der Waals surface area contributed by atoms with Crippen LogP contribution >= 0.6 is 11.6 Å². The van der Waals surface area contributed by atoms with Gasteiger partial charge in [0.05, 0.1) is 6.20 Å². The first kappa shape index (κ1) is 11.0. The second kappa shape index (κ2) is 4.99. The van der Waals surface area contributed by atoms with Gasteiger partial charge < -0.3 is 5.32 Å². The third-order valence-corrected chi connectivity index (χ3v) is 3.32. The maximum atomic E-state index is 6.19. The number of aryl methyl sites for hydroxylation is 1. The Balaban J connectivity index is 1.68. The fourth-order valence-electron chi connectivity index (χ4n) is 1.65. The molecule has 0 aromatic carbocycles. The first-order valence-corrected chi connectivity index (χ1v) is 6.09. The Kier molecular flexibility index (Phi) is 3.65. The van der Waals surface area contributed by atoms with Gasteiger partial charge >= 0.3 is 0 Å². The average molecular weight is 228 g/mol. The van der Waals surface area contributed by atoms with Crippen molar-refractivity contribution in [3.63, 3.8) is 0 Å². The molecule has 4 heteroatoms. The highest BCUT2D eigenvalue weighted by Gasteiger charge is 2.29. The van der Waals surface area contributed by atoms with Crippen LogP contribution in [0.15, 0.2) is 12.4 Å². The highest BCUT2D eigenvalue weighted by Crippen LogP contribution is 2.35. The SMILES string of the molecule is CCn1cc(CNCC(Cl)C2CC2)cn1. The summed E-state index contributed by atoms with van der Waals surface area (Å²) in [5.74, 6) is 0.762. The van der Waals surface area contributed by atoms with E-state index in [2.05, 4.69) is 23.5 Å². The minimum Gasteiger partial charge on any atom is -0.311 e. The number of nitrogens with one attached hydrogen (secondary N) is 1. The molecule has 1 saturated carbocycles. The van der Waals surface area contributed by atoms with Gasteiger partial charge in [0.1, 0.15) is 0 Å². The Morgan fingerprint density at radius 3 is 3.07 bits per heavy atom. The largest absolute Gasteiger partial charge is 0.311 e. The Hall–Kier alpha value is -0.540. The maximum absolute atomic E-state index is 6.19. The van der Waals surface area contributed by atoms with Crippen molar-refractivity contribution in [2.24, 2.45) is 5.92 Å². The Morgan fingerprint density at radius 1 is 1.67 bits per heavy atom. The van der Waals surface area contributed by atoms with Gasteiger partial charge in [0, 0.05) is 36.8 Å². The van der Waals surface area contributed by atoms with E-state index in [0.717, 1.165) is 25.6 Å². The van der Waals surface area contributed by atoms with Gasteiger partial charge in [-0.2, -0.15) is 5.10 Å². The van der Waals surface area contributed by atoms with Gasteiger partial charge in [0.15, 0.2) is 0 Å². The summed E-state index contributed by atoms with van der Waals surface area (Å²) >= 11 is 6.19. The molecular weight excluding hydrogens is 210 g/mol. The van der Waals surface area contributed by atoms with Crippen molar-refractivity contribution in [1.29, 1.82) is 0 Å². The van der Waals surface area contributed by atoms with Crippen LogP contribution in [0.25, 0.3) is 0 Å². The third-order valence-electron chi connectivity index (χ3n) is 2.81. The maximum Gasteiger partial charge on any atom is 0.0534 e. The molecule has 1 fully saturated rings. The van der Waals surface area contributed by atoms with Gasteiger partial charge in [-0.05, 0) is 25.7 Å². The summed E-state index contributed by atoms with van der Waals surface area (Å²) in [5.41, 5.74) is 1.23. The Bertz CT molecular complexity index is 307. The molecule has 0 bridgehead atoms. The molecule has 0 spiro atoms. The van der Waals surface area contributed by atoms with Crippen LogP contribution in [0.4, 0.5) is 0 Å². The van der Waals surface area contributed by atoms with Crippen molar-refractivity contribution < 1.29 is 0 Å². The van der Waals surface area contributed by atoms with Gasteiger partial charge in [0.2, 0.25) is 0 Å². The molecule has 15 heavy (non-hydrogen) atoms. The number of hydrogen-bond acceptors (Lipinski definition) is 2. The molecular formula is C11H18ClN3. The Morgan fingerprint density at radius 2 is 2.47 bits per heavy atom. The molecule has 1 heterocycles. The fraction of sp³-hybridized carbons (Fsp3) is 0.727. The smallest absolute Gasteiger partial charge is 0.0534 e. The summed E-state index contributed by atoms with van der Waals surface area (Å²) in [5, 5.41) is 7.91. The van der Waals surface area contributed by atoms with E-state index in [4.69, 9.17) is 11.6 Å². The lowest BCUT2D eigenvalue weighted by Gasteiger charge is -2.08. The van der Waals surface area contributed by atoms with Crippen LogP contribution in [0.5, 0.6) is 0 Å². The molecule has 1 unspecified atom stereocenters. The van der Waals surface area contributed by atoms with Crippen LogP contribution in [0, 0.1) is 5.92 Å². The predicted molar refractivity (Wildman–Crippen MR) is 62.0 cm³/mol. The van der Waals surface area contributed by atoms with Crippen molar-refractivity contribution >= 4 is 11.6 Å². The highest BCUT2D eigenvalue weighted by atomic mass is 35.5. The minimum absolute atomic E-state index is 0.311. The number of alkyl halides is 1. The van der Waals surface area contributed by atoms with Crippen molar-refractivity contribution in [3.8, 4) is 0 Å². The normalized spacial score (nSPS) is 18.0. The molecule has 1 aliphatic carbocycles. The first-order chi connectivity index (χ1) is 7.29. The van der Waals surface area contributed by atoms with Crippen LogP contribution in [-0.2, 0) is 13.1 Å². The van der Waals surface area contributed by atoms with Crippen molar-refractivity contribution in [1.82, 2.24) is 15.1 Å². The molecule has 1 aromatic rings. The van der Waals surface area contributed by atoms with E-state index in [9.17, 15) is 0 Å². The van der Waals surface area contributed by atoms with E-state index in [-0.39, 0.29) is 0 Å². The summed E-state index contributed by atoms with van der Waals surface area (Å²) in [4.78, 5) is 0. The van der Waals surface area contributed by atoms with Gasteiger partial charge in [-0.25, -0.2) is 0 Å². The number of halogens is 1. The zero-order valence-electron chi connectivity index (χ0n) is 9.12. The number of rotatable bonds is 6. The van der Waals surface area contributed by atoms with E-state index < -0.39 is 0 Å². The minimum atomic E-state index is 0.311. The predicted octanol–water partition coefficient (Wildman–Crippen LogP) is 2.01. The van der Waals surface area contributed by atoms with Crippen LogP contribution in [0.1, 0.15) is 25.3 Å². The lowest BCUT2D eigenvalue weighted by Crippen LogP contribution is -2.23. The molecule has 1 atom stereocenters. The summed E-state index contributed by atoms with van der Waals surface area (Å²) < 4.78 is 1.94. The van der Waals surface area contributed by atoms with E-state index >= 15 is 0 Å². The number of nitrogens with zero attached hydrogens (tertiary/aromatic N) is 2. The molecule has 0 amide bonds. The first-order valence-electron chi connectivity index (χ1n) is 5.65. The number of aromatic nitrogens is 2. The van der Waals surface area contributed by atoms with Gasteiger partial charge in [-0.1, -0.05) is 0 Å². The molecule has 84 valence electrons. The molecule has 1 N–H and O–H groups in total. The van der Waals surface area contributed by atoms with E-state index in [0.29, 0.717) is 5.38 Å². The third kappa shape index (κ3) is 3.21. The van der Waals surface area contributed by atoms with Crippen molar-refractivity contribution in [3.05, 3.63) is 18.0 Å². The van der Waals surface area contributed by atoms with E-state index in [1.165, 1.54) is 18.4 Å². The Labute approximate surface area is 95.8 Å². The van der Waals surface area contributed by atoms with Gasteiger partial charge in [-0.15, -0.1) is 11.6 Å². The van der Waals surface area contributed by atoms with Crippen molar-refractivity contribution in [2.45, 2.75) is 38.2 Å². The molecule has 2 rings (SSSR count). The molecule has 0 radical (unpaired) electrons. The quantitative estimate of drug-likeness (QED) is 0.754. The van der Waals surface area contributed by atoms with E-state index in [1.54, 1.807) is 0 Å². The van der Waals surface area contributed by atoms with Crippen molar-refractivity contribution in [2.75, 3.05) is 6.54 Å².